The molecule has 104 valence electrons. The van der Waals surface area contributed by atoms with E-state index in [-0.39, 0.29) is 11.5 Å². The van der Waals surface area contributed by atoms with Crippen molar-refractivity contribution in [3.05, 3.63) is 29.3 Å². The molecular weight excluding hydrogens is 236 g/mol. The van der Waals surface area contributed by atoms with Crippen molar-refractivity contribution in [2.45, 2.75) is 58.0 Å². The highest BCUT2D eigenvalue weighted by molar-refractivity contribution is 5.36. The number of hydrogen-bond acceptors (Lipinski definition) is 2. The number of phenols is 1. The Morgan fingerprint density at radius 3 is 2.74 bits per heavy atom. The van der Waals surface area contributed by atoms with Crippen LogP contribution in [0.3, 0.4) is 0 Å². The third kappa shape index (κ3) is 2.06. The van der Waals surface area contributed by atoms with E-state index in [1.54, 1.807) is 6.07 Å². The minimum atomic E-state index is -0.0978. The quantitative estimate of drug-likeness (QED) is 0.807. The van der Waals surface area contributed by atoms with Crippen LogP contribution in [0.2, 0.25) is 0 Å². The van der Waals surface area contributed by atoms with E-state index in [1.807, 2.05) is 6.07 Å². The molecule has 2 saturated carbocycles. The summed E-state index contributed by atoms with van der Waals surface area (Å²) in [6, 6.07) is 5.76. The summed E-state index contributed by atoms with van der Waals surface area (Å²) in [7, 11) is 0. The van der Waals surface area contributed by atoms with Crippen molar-refractivity contribution in [1.82, 2.24) is 0 Å². The maximum Gasteiger partial charge on any atom is 0.115 e. The van der Waals surface area contributed by atoms with Crippen molar-refractivity contribution in [3.63, 3.8) is 0 Å². The van der Waals surface area contributed by atoms with E-state index < -0.39 is 0 Å². The monoisotopic (exact) mass is 260 g/mol. The second-order valence-corrected chi connectivity index (χ2v) is 6.81. The van der Waals surface area contributed by atoms with Gasteiger partial charge in [-0.05, 0) is 79.5 Å². The van der Waals surface area contributed by atoms with Crippen molar-refractivity contribution in [2.24, 2.45) is 11.3 Å². The van der Waals surface area contributed by atoms with E-state index in [4.69, 9.17) is 0 Å². The summed E-state index contributed by atoms with van der Waals surface area (Å²) in [5.41, 5.74) is 2.75. The molecule has 0 aliphatic heterocycles. The van der Waals surface area contributed by atoms with Gasteiger partial charge in [-0.2, -0.15) is 0 Å². The number of hydrogen-bond donors (Lipinski definition) is 2. The van der Waals surface area contributed by atoms with Crippen LogP contribution in [0.25, 0.3) is 0 Å². The summed E-state index contributed by atoms with van der Waals surface area (Å²) >= 11 is 0. The zero-order chi connectivity index (χ0) is 13.6. The van der Waals surface area contributed by atoms with E-state index in [0.717, 1.165) is 19.3 Å². The third-order valence-electron chi connectivity index (χ3n) is 5.78. The predicted molar refractivity (Wildman–Crippen MR) is 76.3 cm³/mol. The summed E-state index contributed by atoms with van der Waals surface area (Å²) < 4.78 is 0. The lowest BCUT2D eigenvalue weighted by Crippen LogP contribution is -2.37. The van der Waals surface area contributed by atoms with Crippen molar-refractivity contribution in [3.8, 4) is 5.75 Å². The lowest BCUT2D eigenvalue weighted by atomic mass is 9.64. The van der Waals surface area contributed by atoms with Crippen LogP contribution in [0.4, 0.5) is 0 Å². The number of aliphatic hydroxyl groups excluding tert-OH is 1. The van der Waals surface area contributed by atoms with Crippen LogP contribution in [0.1, 0.15) is 56.1 Å². The van der Waals surface area contributed by atoms with E-state index in [9.17, 15) is 10.2 Å². The van der Waals surface area contributed by atoms with Gasteiger partial charge in [0.05, 0.1) is 6.10 Å². The molecule has 1 aromatic rings. The minimum absolute atomic E-state index is 0.0978. The third-order valence-corrected chi connectivity index (χ3v) is 5.78. The minimum Gasteiger partial charge on any atom is -0.508 e. The van der Waals surface area contributed by atoms with Gasteiger partial charge in [0.15, 0.2) is 0 Å². The number of aromatic hydroxyl groups is 1. The lowest BCUT2D eigenvalue weighted by Gasteiger charge is -2.42. The Bertz CT molecular complexity index is 482. The van der Waals surface area contributed by atoms with Crippen LogP contribution in [0.15, 0.2) is 18.2 Å². The molecule has 1 aromatic carbocycles. The van der Waals surface area contributed by atoms with E-state index in [2.05, 4.69) is 19.9 Å². The Morgan fingerprint density at radius 2 is 2.00 bits per heavy atom. The molecule has 19 heavy (non-hydrogen) atoms. The Labute approximate surface area is 115 Å². The zero-order valence-corrected chi connectivity index (χ0v) is 11.9. The van der Waals surface area contributed by atoms with Gasteiger partial charge < -0.3 is 10.2 Å². The molecule has 0 amide bonds. The average Bonchev–Trinajstić information content (AvgIpc) is 2.66. The van der Waals surface area contributed by atoms with E-state index >= 15 is 0 Å². The molecule has 0 heterocycles. The molecule has 0 saturated heterocycles. The molecule has 2 N–H and O–H groups in total. The number of benzene rings is 1. The molecule has 3 rings (SSSR count). The smallest absolute Gasteiger partial charge is 0.115 e. The van der Waals surface area contributed by atoms with Gasteiger partial charge in [0, 0.05) is 0 Å². The van der Waals surface area contributed by atoms with Gasteiger partial charge in [-0.3, -0.25) is 0 Å². The molecule has 1 unspecified atom stereocenters. The van der Waals surface area contributed by atoms with Gasteiger partial charge in [-0.15, -0.1) is 0 Å². The van der Waals surface area contributed by atoms with Gasteiger partial charge in [0.25, 0.3) is 0 Å². The Hall–Kier alpha value is -1.02. The van der Waals surface area contributed by atoms with Gasteiger partial charge in [0.1, 0.15) is 5.75 Å². The number of rotatable bonds is 1. The molecule has 0 spiro atoms. The van der Waals surface area contributed by atoms with Crippen molar-refractivity contribution in [2.75, 3.05) is 0 Å². The second kappa shape index (κ2) is 4.52. The molecule has 4 atom stereocenters. The number of phenolic OH excluding ortho intramolecular Hbond substituents is 1. The molecule has 2 aliphatic carbocycles. The largest absolute Gasteiger partial charge is 0.508 e. The highest BCUT2D eigenvalue weighted by atomic mass is 16.3. The average molecular weight is 260 g/mol. The van der Waals surface area contributed by atoms with Crippen LogP contribution in [-0.2, 0) is 0 Å². The van der Waals surface area contributed by atoms with Crippen molar-refractivity contribution >= 4 is 0 Å². The summed E-state index contributed by atoms with van der Waals surface area (Å²) in [6.07, 6.45) is 5.53. The Morgan fingerprint density at radius 1 is 1.21 bits per heavy atom. The van der Waals surface area contributed by atoms with Crippen molar-refractivity contribution < 1.29 is 10.2 Å². The maximum atomic E-state index is 10.2. The normalized spacial score (nSPS) is 38.2. The summed E-state index contributed by atoms with van der Waals surface area (Å²) in [4.78, 5) is 0. The molecular formula is C17H24O2. The summed E-state index contributed by atoms with van der Waals surface area (Å²) in [5, 5.41) is 19.7. The van der Waals surface area contributed by atoms with E-state index in [1.165, 1.54) is 24.0 Å². The first kappa shape index (κ1) is 13.0. The first-order valence-electron chi connectivity index (χ1n) is 7.48. The predicted octanol–water partition coefficient (Wildman–Crippen LogP) is 3.75. The standard InChI is InChI=1S/C17H24O2/c1-11-9-14(18)4-5-15(11)12-7-8-17(2)13(10-12)3-6-16(17)19/h4-5,9,12-13,16,18-19H,3,6-8,10H2,1-2H3/t12-,13?,16-,17-/m0/s1. The molecule has 0 bridgehead atoms. The van der Waals surface area contributed by atoms with Crippen LogP contribution in [-0.4, -0.2) is 16.3 Å². The Kier molecular flexibility index (Phi) is 3.09. The summed E-state index contributed by atoms with van der Waals surface area (Å²) in [5.74, 6) is 1.62. The SMILES string of the molecule is Cc1cc(O)ccc1[C@H]1CC[C@@]2(C)C(CC[C@@H]2O)C1. The van der Waals surface area contributed by atoms with Gasteiger partial charge in [-0.1, -0.05) is 13.0 Å². The molecule has 0 radical (unpaired) electrons. The number of aliphatic hydroxyl groups is 1. The van der Waals surface area contributed by atoms with Crippen LogP contribution < -0.4 is 0 Å². The topological polar surface area (TPSA) is 40.5 Å². The first-order valence-corrected chi connectivity index (χ1v) is 7.48. The molecule has 2 fully saturated rings. The fraction of sp³-hybridized carbons (Fsp3) is 0.647. The molecule has 2 heteroatoms. The highest BCUT2D eigenvalue weighted by Gasteiger charge is 2.48. The van der Waals surface area contributed by atoms with E-state index in [0.29, 0.717) is 17.6 Å². The van der Waals surface area contributed by atoms with Crippen LogP contribution >= 0.6 is 0 Å². The first-order chi connectivity index (χ1) is 9.00. The van der Waals surface area contributed by atoms with Crippen LogP contribution in [0.5, 0.6) is 5.75 Å². The zero-order valence-electron chi connectivity index (χ0n) is 11.9. The highest BCUT2D eigenvalue weighted by Crippen LogP contribution is 2.55. The molecule has 0 aromatic heterocycles. The van der Waals surface area contributed by atoms with Gasteiger partial charge >= 0.3 is 0 Å². The second-order valence-electron chi connectivity index (χ2n) is 6.81. The fourth-order valence-electron chi connectivity index (χ4n) is 4.40. The maximum absolute atomic E-state index is 10.2. The number of fused-ring (bicyclic) bond motifs is 1. The summed E-state index contributed by atoms with van der Waals surface area (Å²) in [6.45, 7) is 4.36. The van der Waals surface area contributed by atoms with Crippen molar-refractivity contribution in [1.29, 1.82) is 0 Å². The fourth-order valence-corrected chi connectivity index (χ4v) is 4.40. The van der Waals surface area contributed by atoms with Gasteiger partial charge in [-0.25, -0.2) is 0 Å². The molecule has 2 nitrogen and oxygen atoms in total. The Balaban J connectivity index is 1.82. The number of aryl methyl sites for hydroxylation is 1. The van der Waals surface area contributed by atoms with Gasteiger partial charge in [0.2, 0.25) is 0 Å². The van der Waals surface area contributed by atoms with Crippen LogP contribution in [0, 0.1) is 18.3 Å². The molecule has 2 aliphatic rings. The lowest BCUT2D eigenvalue weighted by molar-refractivity contribution is 0.00867.